The Morgan fingerprint density at radius 2 is 2.00 bits per heavy atom. The highest BCUT2D eigenvalue weighted by Crippen LogP contribution is 2.40. The van der Waals surface area contributed by atoms with E-state index >= 15 is 0 Å². The molecule has 0 bridgehead atoms. The van der Waals surface area contributed by atoms with Crippen molar-refractivity contribution in [3.63, 3.8) is 0 Å². The van der Waals surface area contributed by atoms with Crippen LogP contribution in [0.2, 0.25) is 5.02 Å². The van der Waals surface area contributed by atoms with Gasteiger partial charge < -0.3 is 19.1 Å². The molecule has 0 aliphatic carbocycles. The molecule has 26 heavy (non-hydrogen) atoms. The summed E-state index contributed by atoms with van der Waals surface area (Å²) < 4.78 is 15.5. The number of hydrogen-bond donors (Lipinski definition) is 0. The summed E-state index contributed by atoms with van der Waals surface area (Å²) in [7, 11) is 1.62. The van der Waals surface area contributed by atoms with Gasteiger partial charge in [0.15, 0.2) is 18.1 Å². The van der Waals surface area contributed by atoms with Gasteiger partial charge in [0.05, 0.1) is 5.02 Å². The highest BCUT2D eigenvalue weighted by atomic mass is 35.5. The summed E-state index contributed by atoms with van der Waals surface area (Å²) in [5, 5.41) is 0.396. The third kappa shape index (κ3) is 4.15. The first kappa shape index (κ1) is 17.8. The zero-order valence-corrected chi connectivity index (χ0v) is 14.7. The second-order valence-electron chi connectivity index (χ2n) is 5.47. The van der Waals surface area contributed by atoms with E-state index in [0.29, 0.717) is 22.1 Å². The monoisotopic (exact) mass is 373 g/mol. The van der Waals surface area contributed by atoms with Crippen LogP contribution in [0, 0.1) is 0 Å². The number of anilines is 1. The molecule has 1 aliphatic heterocycles. The van der Waals surface area contributed by atoms with Crippen molar-refractivity contribution >= 4 is 35.2 Å². The number of para-hydroxylation sites is 1. The lowest BCUT2D eigenvalue weighted by atomic mass is 10.2. The van der Waals surface area contributed by atoms with Crippen molar-refractivity contribution in [2.75, 3.05) is 25.3 Å². The van der Waals surface area contributed by atoms with E-state index in [2.05, 4.69) is 0 Å². The SMILES string of the molecule is CN(C(=O)COC(=O)/C=C/c1cc(Cl)c2c(c1)OCO2)c1ccccc1. The number of hydrogen-bond acceptors (Lipinski definition) is 5. The van der Waals surface area contributed by atoms with Gasteiger partial charge in [-0.3, -0.25) is 4.79 Å². The van der Waals surface area contributed by atoms with Gasteiger partial charge in [-0.15, -0.1) is 0 Å². The Labute approximate surface area is 155 Å². The first-order chi connectivity index (χ1) is 12.5. The summed E-state index contributed by atoms with van der Waals surface area (Å²) in [5.74, 6) is 0.0452. The number of fused-ring (bicyclic) bond motifs is 1. The summed E-state index contributed by atoms with van der Waals surface area (Å²) >= 11 is 6.08. The summed E-state index contributed by atoms with van der Waals surface area (Å²) in [6, 6.07) is 12.4. The predicted molar refractivity (Wildman–Crippen MR) is 97.4 cm³/mol. The number of esters is 1. The fraction of sp³-hybridized carbons (Fsp3) is 0.158. The van der Waals surface area contributed by atoms with E-state index in [9.17, 15) is 9.59 Å². The standard InChI is InChI=1S/C19H16ClNO5/c1-21(14-5-3-2-4-6-14)17(22)11-24-18(23)8-7-13-9-15(20)19-16(10-13)25-12-26-19/h2-10H,11-12H2,1H3/b8-7+. The molecule has 1 amide bonds. The average molecular weight is 374 g/mol. The van der Waals surface area contributed by atoms with Crippen LogP contribution in [0.5, 0.6) is 11.5 Å². The minimum atomic E-state index is -0.631. The highest BCUT2D eigenvalue weighted by Gasteiger charge is 2.17. The Hall–Kier alpha value is -2.99. The van der Waals surface area contributed by atoms with Crippen molar-refractivity contribution in [2.45, 2.75) is 0 Å². The van der Waals surface area contributed by atoms with Crippen molar-refractivity contribution in [3.8, 4) is 11.5 Å². The van der Waals surface area contributed by atoms with Crippen LogP contribution in [0.15, 0.2) is 48.5 Å². The number of halogens is 1. The smallest absolute Gasteiger partial charge is 0.331 e. The average Bonchev–Trinajstić information content (AvgIpc) is 3.13. The van der Waals surface area contributed by atoms with E-state index in [1.54, 1.807) is 31.3 Å². The van der Waals surface area contributed by atoms with Crippen molar-refractivity contribution in [2.24, 2.45) is 0 Å². The van der Waals surface area contributed by atoms with Gasteiger partial charge in [0.1, 0.15) is 0 Å². The largest absolute Gasteiger partial charge is 0.454 e. The van der Waals surface area contributed by atoms with Crippen LogP contribution in [-0.4, -0.2) is 32.3 Å². The maximum atomic E-state index is 12.1. The van der Waals surface area contributed by atoms with Crippen molar-refractivity contribution in [3.05, 3.63) is 59.1 Å². The number of ether oxygens (including phenoxy) is 3. The van der Waals surface area contributed by atoms with E-state index in [4.69, 9.17) is 25.8 Å². The number of likely N-dealkylation sites (N-methyl/N-ethyl adjacent to an activating group) is 1. The normalized spacial score (nSPS) is 12.2. The fourth-order valence-corrected chi connectivity index (χ4v) is 2.59. The maximum Gasteiger partial charge on any atom is 0.331 e. The van der Waals surface area contributed by atoms with Crippen LogP contribution in [0.25, 0.3) is 6.08 Å². The number of carbonyl (C=O) groups excluding carboxylic acids is 2. The molecule has 0 atom stereocenters. The second-order valence-corrected chi connectivity index (χ2v) is 5.87. The Kier molecular flexibility index (Phi) is 5.43. The van der Waals surface area contributed by atoms with Crippen molar-refractivity contribution in [1.82, 2.24) is 0 Å². The Morgan fingerprint density at radius 3 is 2.77 bits per heavy atom. The Balaban J connectivity index is 1.55. The molecule has 7 heteroatoms. The van der Waals surface area contributed by atoms with Crippen LogP contribution in [-0.2, 0) is 14.3 Å². The van der Waals surface area contributed by atoms with Crippen molar-refractivity contribution < 1.29 is 23.8 Å². The summed E-state index contributed by atoms with van der Waals surface area (Å²) in [4.78, 5) is 25.3. The number of rotatable bonds is 5. The van der Waals surface area contributed by atoms with Gasteiger partial charge in [0, 0.05) is 18.8 Å². The Morgan fingerprint density at radius 1 is 1.23 bits per heavy atom. The Bertz CT molecular complexity index is 851. The van der Waals surface area contributed by atoms with E-state index in [1.807, 2.05) is 18.2 Å². The van der Waals surface area contributed by atoms with Gasteiger partial charge in [-0.05, 0) is 35.9 Å². The van der Waals surface area contributed by atoms with Crippen LogP contribution in [0.1, 0.15) is 5.56 Å². The molecule has 2 aromatic carbocycles. The summed E-state index contributed by atoms with van der Waals surface area (Å²) in [5.41, 5.74) is 1.38. The lowest BCUT2D eigenvalue weighted by Gasteiger charge is -2.16. The van der Waals surface area contributed by atoms with Crippen LogP contribution < -0.4 is 14.4 Å². The third-order valence-corrected chi connectivity index (χ3v) is 4.00. The van der Waals surface area contributed by atoms with E-state index in [-0.39, 0.29) is 19.3 Å². The molecule has 2 aromatic rings. The summed E-state index contributed by atoms with van der Waals surface area (Å²) in [6.45, 7) is -0.238. The molecule has 0 aromatic heterocycles. The minimum Gasteiger partial charge on any atom is -0.454 e. The lowest BCUT2D eigenvalue weighted by molar-refractivity contribution is -0.142. The maximum absolute atomic E-state index is 12.1. The number of benzene rings is 2. The van der Waals surface area contributed by atoms with Gasteiger partial charge in [-0.25, -0.2) is 4.79 Å². The van der Waals surface area contributed by atoms with E-state index in [0.717, 1.165) is 5.69 Å². The quantitative estimate of drug-likeness (QED) is 0.594. The van der Waals surface area contributed by atoms with Crippen LogP contribution in [0.4, 0.5) is 5.69 Å². The van der Waals surface area contributed by atoms with Gasteiger partial charge in [-0.1, -0.05) is 29.8 Å². The van der Waals surface area contributed by atoms with Gasteiger partial charge in [0.2, 0.25) is 6.79 Å². The molecule has 0 spiro atoms. The molecular formula is C19H16ClNO5. The molecule has 0 fully saturated rings. The van der Waals surface area contributed by atoms with Crippen molar-refractivity contribution in [1.29, 1.82) is 0 Å². The molecule has 3 rings (SSSR count). The molecule has 0 saturated heterocycles. The zero-order valence-electron chi connectivity index (χ0n) is 14.0. The van der Waals surface area contributed by atoms with Gasteiger partial charge in [0.25, 0.3) is 5.91 Å². The van der Waals surface area contributed by atoms with E-state index < -0.39 is 5.97 Å². The first-order valence-electron chi connectivity index (χ1n) is 7.80. The molecule has 1 aliphatic rings. The third-order valence-electron chi connectivity index (χ3n) is 3.72. The van der Waals surface area contributed by atoms with Gasteiger partial charge in [-0.2, -0.15) is 0 Å². The fourth-order valence-electron chi connectivity index (χ4n) is 2.32. The molecule has 0 radical (unpaired) electrons. The molecular weight excluding hydrogens is 358 g/mol. The van der Waals surface area contributed by atoms with Crippen LogP contribution in [0.3, 0.4) is 0 Å². The summed E-state index contributed by atoms with van der Waals surface area (Å²) in [6.07, 6.45) is 2.76. The molecule has 0 unspecified atom stereocenters. The number of carbonyl (C=O) groups is 2. The second kappa shape index (κ2) is 7.93. The topological polar surface area (TPSA) is 65.1 Å². The van der Waals surface area contributed by atoms with E-state index in [1.165, 1.54) is 17.1 Å². The lowest BCUT2D eigenvalue weighted by Crippen LogP contribution is -2.30. The zero-order chi connectivity index (χ0) is 18.5. The molecule has 134 valence electrons. The van der Waals surface area contributed by atoms with Crippen LogP contribution >= 0.6 is 11.6 Å². The first-order valence-corrected chi connectivity index (χ1v) is 8.18. The predicted octanol–water partition coefficient (Wildman–Crippen LogP) is 3.29. The number of amides is 1. The van der Waals surface area contributed by atoms with Gasteiger partial charge >= 0.3 is 5.97 Å². The molecule has 1 heterocycles. The highest BCUT2D eigenvalue weighted by molar-refractivity contribution is 6.32. The minimum absolute atomic E-state index is 0.112. The molecule has 0 saturated carbocycles. The number of nitrogens with zero attached hydrogens (tertiary/aromatic N) is 1. The molecule has 6 nitrogen and oxygen atoms in total. The molecule has 0 N–H and O–H groups in total.